The van der Waals surface area contributed by atoms with Gasteiger partial charge in [-0.1, -0.05) is 0 Å². The van der Waals surface area contributed by atoms with Gasteiger partial charge in [0.05, 0.1) is 12.8 Å². The highest BCUT2D eigenvalue weighted by atomic mass is 16.4. The van der Waals surface area contributed by atoms with Crippen LogP contribution in [0.4, 0.5) is 0 Å². The number of carbonyl (C=O) groups is 3. The van der Waals surface area contributed by atoms with Gasteiger partial charge in [0.15, 0.2) is 5.60 Å². The van der Waals surface area contributed by atoms with Gasteiger partial charge in [-0.15, -0.1) is 0 Å². The molecule has 0 saturated carbocycles. The van der Waals surface area contributed by atoms with E-state index in [-0.39, 0.29) is 11.5 Å². The lowest BCUT2D eigenvalue weighted by atomic mass is 9.96. The summed E-state index contributed by atoms with van der Waals surface area (Å²) in [7, 11) is 0. The summed E-state index contributed by atoms with van der Waals surface area (Å²) < 4.78 is 0. The van der Waals surface area contributed by atoms with Crippen LogP contribution in [0.5, 0.6) is 11.5 Å². The smallest absolute Gasteiger partial charge is 0.336 e. The lowest BCUT2D eigenvalue weighted by Gasteiger charge is -2.18. The molecule has 6 N–H and O–H groups in total. The van der Waals surface area contributed by atoms with Crippen molar-refractivity contribution in [1.82, 2.24) is 0 Å². The Balaban J connectivity index is 0.000000423. The minimum atomic E-state index is -2.74. The van der Waals surface area contributed by atoms with Crippen LogP contribution in [-0.4, -0.2) is 54.1 Å². The lowest BCUT2D eigenvalue weighted by molar-refractivity contribution is -0.170. The van der Waals surface area contributed by atoms with E-state index in [1.807, 2.05) is 0 Å². The number of benzene rings is 1. The minimum absolute atomic E-state index is 0.169. The molecule has 0 aliphatic rings. The molecule has 1 aromatic rings. The molecule has 0 aliphatic heterocycles. The maximum atomic E-state index is 10.3. The van der Waals surface area contributed by atoms with Gasteiger partial charge in [-0.3, -0.25) is 9.59 Å². The number of hydrogen-bond acceptors (Lipinski definition) is 6. The summed E-state index contributed by atoms with van der Waals surface area (Å²) in [6.45, 7) is 0. The summed E-state index contributed by atoms with van der Waals surface area (Å²) in [4.78, 5) is 30.5. The van der Waals surface area contributed by atoms with E-state index >= 15 is 0 Å². The maximum Gasteiger partial charge on any atom is 0.336 e. The summed E-state index contributed by atoms with van der Waals surface area (Å²) >= 11 is 0. The number of carboxylic acid groups (broad SMARTS) is 3. The van der Waals surface area contributed by atoms with E-state index in [0.29, 0.717) is 0 Å². The molecule has 9 nitrogen and oxygen atoms in total. The number of carboxylic acids is 3. The van der Waals surface area contributed by atoms with Crippen molar-refractivity contribution in [1.29, 1.82) is 0 Å². The first-order chi connectivity index (χ1) is 9.56. The van der Waals surface area contributed by atoms with Crippen molar-refractivity contribution < 1.29 is 45.0 Å². The summed E-state index contributed by atoms with van der Waals surface area (Å²) in [6.07, 6.45) is -2.29. The molecule has 21 heavy (non-hydrogen) atoms. The van der Waals surface area contributed by atoms with Gasteiger partial charge in [0.1, 0.15) is 11.5 Å². The van der Waals surface area contributed by atoms with Crippen LogP contribution < -0.4 is 0 Å². The van der Waals surface area contributed by atoms with Crippen LogP contribution in [0.25, 0.3) is 0 Å². The number of phenolic OH excluding ortho intramolecular Hbond substituents is 2. The molecule has 116 valence electrons. The molecule has 0 fully saturated rings. The van der Waals surface area contributed by atoms with Gasteiger partial charge < -0.3 is 30.6 Å². The Labute approximate surface area is 118 Å². The number of aliphatic hydroxyl groups is 1. The molecule has 0 saturated heterocycles. The third-order valence-corrected chi connectivity index (χ3v) is 2.14. The summed E-state index contributed by atoms with van der Waals surface area (Å²) in [6, 6.07) is 5.70. The van der Waals surface area contributed by atoms with Gasteiger partial charge in [-0.05, 0) is 24.3 Å². The fourth-order valence-electron chi connectivity index (χ4n) is 1.17. The average Bonchev–Trinajstić information content (AvgIpc) is 2.31. The van der Waals surface area contributed by atoms with Crippen molar-refractivity contribution in [2.24, 2.45) is 0 Å². The van der Waals surface area contributed by atoms with Crippen molar-refractivity contribution in [3.63, 3.8) is 0 Å². The van der Waals surface area contributed by atoms with Crippen molar-refractivity contribution in [2.75, 3.05) is 0 Å². The Kier molecular flexibility index (Phi) is 6.67. The fraction of sp³-hybridized carbons (Fsp3) is 0.250. The van der Waals surface area contributed by atoms with Gasteiger partial charge in [-0.2, -0.15) is 0 Å². The molecule has 0 heterocycles. The second-order valence-electron chi connectivity index (χ2n) is 3.99. The maximum absolute atomic E-state index is 10.3. The molecule has 0 unspecified atom stereocenters. The van der Waals surface area contributed by atoms with E-state index in [9.17, 15) is 14.4 Å². The summed E-state index contributed by atoms with van der Waals surface area (Å²) in [5.41, 5.74) is -2.74. The molecule has 1 aromatic carbocycles. The molecule has 0 radical (unpaired) electrons. The number of aromatic hydroxyl groups is 2. The van der Waals surface area contributed by atoms with E-state index in [0.717, 1.165) is 0 Å². The molecule has 0 atom stereocenters. The molecule has 0 aromatic heterocycles. The highest BCUT2D eigenvalue weighted by Gasteiger charge is 2.40. The number of hydrogen-bond donors (Lipinski definition) is 6. The van der Waals surface area contributed by atoms with Crippen molar-refractivity contribution in [3.8, 4) is 11.5 Å². The zero-order valence-corrected chi connectivity index (χ0v) is 10.6. The highest BCUT2D eigenvalue weighted by molar-refractivity contribution is 5.88. The van der Waals surface area contributed by atoms with Crippen LogP contribution in [0.2, 0.25) is 0 Å². The van der Waals surface area contributed by atoms with Gasteiger partial charge in [-0.25, -0.2) is 4.79 Å². The van der Waals surface area contributed by atoms with Crippen molar-refractivity contribution in [2.45, 2.75) is 18.4 Å². The van der Waals surface area contributed by atoms with Gasteiger partial charge in [0.25, 0.3) is 0 Å². The third-order valence-electron chi connectivity index (χ3n) is 2.14. The van der Waals surface area contributed by atoms with Gasteiger partial charge in [0.2, 0.25) is 0 Å². The minimum Gasteiger partial charge on any atom is -0.508 e. The zero-order chi connectivity index (χ0) is 16.6. The molecule has 1 rings (SSSR count). The SMILES string of the molecule is O=C(O)CC(O)(CC(=O)O)C(=O)O.Oc1ccc(O)cc1. The van der Waals surface area contributed by atoms with Crippen molar-refractivity contribution in [3.05, 3.63) is 24.3 Å². The Morgan fingerprint density at radius 3 is 1.29 bits per heavy atom. The van der Waals surface area contributed by atoms with Crippen LogP contribution in [-0.2, 0) is 14.4 Å². The Morgan fingerprint density at radius 1 is 0.810 bits per heavy atom. The van der Waals surface area contributed by atoms with Crippen LogP contribution in [0.3, 0.4) is 0 Å². The van der Waals surface area contributed by atoms with Crippen LogP contribution in [0.1, 0.15) is 12.8 Å². The molecule has 0 aliphatic carbocycles. The predicted octanol–water partition coefficient (Wildman–Crippen LogP) is -0.151. The van der Waals surface area contributed by atoms with Gasteiger partial charge >= 0.3 is 17.9 Å². The first-order valence-corrected chi connectivity index (χ1v) is 5.44. The van der Waals surface area contributed by atoms with Crippen LogP contribution in [0, 0.1) is 0 Å². The quantitative estimate of drug-likeness (QED) is 0.404. The number of rotatable bonds is 5. The fourth-order valence-corrected chi connectivity index (χ4v) is 1.17. The molecule has 0 spiro atoms. The van der Waals surface area contributed by atoms with Crippen LogP contribution in [0.15, 0.2) is 24.3 Å². The normalized spacial score (nSPS) is 10.1. The van der Waals surface area contributed by atoms with Crippen LogP contribution >= 0.6 is 0 Å². The standard InChI is InChI=1S/C6H8O7.C6H6O2/c7-3(8)1-6(13,5(11)12)2-4(9)10;7-5-1-2-6(8)4-3-5/h13H,1-2H2,(H,7,8)(H,9,10)(H,11,12);1-4,7-8H. The third kappa shape index (κ3) is 7.38. The first kappa shape index (κ1) is 18.2. The van der Waals surface area contributed by atoms with E-state index < -0.39 is 36.4 Å². The molecular weight excluding hydrogens is 288 g/mol. The van der Waals surface area contributed by atoms with E-state index in [1.54, 1.807) is 0 Å². The molecular formula is C12H14O9. The predicted molar refractivity (Wildman–Crippen MR) is 66.9 cm³/mol. The summed E-state index contributed by atoms with van der Waals surface area (Å²) in [5.74, 6) is -4.68. The average molecular weight is 302 g/mol. The van der Waals surface area contributed by atoms with E-state index in [1.165, 1.54) is 24.3 Å². The first-order valence-electron chi connectivity index (χ1n) is 5.44. The molecule has 0 amide bonds. The van der Waals surface area contributed by atoms with Gasteiger partial charge in [0, 0.05) is 0 Å². The highest BCUT2D eigenvalue weighted by Crippen LogP contribution is 2.15. The van der Waals surface area contributed by atoms with Crippen molar-refractivity contribution >= 4 is 17.9 Å². The topological polar surface area (TPSA) is 173 Å². The second-order valence-corrected chi connectivity index (χ2v) is 3.99. The second kappa shape index (κ2) is 7.70. The number of phenols is 2. The van der Waals surface area contributed by atoms with E-state index in [2.05, 4.69) is 0 Å². The number of aliphatic carboxylic acids is 3. The Morgan fingerprint density at radius 2 is 1.10 bits per heavy atom. The monoisotopic (exact) mass is 302 g/mol. The Bertz CT molecular complexity index is 469. The Hall–Kier alpha value is -2.81. The molecule has 0 bridgehead atoms. The summed E-state index contributed by atoms with van der Waals surface area (Å²) in [5, 5.41) is 51.1. The zero-order valence-electron chi connectivity index (χ0n) is 10.6. The largest absolute Gasteiger partial charge is 0.508 e. The van der Waals surface area contributed by atoms with E-state index in [4.69, 9.17) is 30.6 Å². The molecule has 9 heteroatoms. The lowest BCUT2D eigenvalue weighted by Crippen LogP contribution is -2.42.